The molecule has 0 spiro atoms. The summed E-state index contributed by atoms with van der Waals surface area (Å²) in [6, 6.07) is 15.2. The average molecular weight is 693 g/mol. The van der Waals surface area contributed by atoms with Crippen LogP contribution in [0.3, 0.4) is 0 Å². The van der Waals surface area contributed by atoms with Crippen molar-refractivity contribution in [2.45, 2.75) is 63.6 Å². The molecule has 41 heavy (non-hydrogen) atoms. The minimum absolute atomic E-state index is 0.0578. The van der Waals surface area contributed by atoms with E-state index in [-0.39, 0.29) is 18.9 Å². The quantitative estimate of drug-likeness (QED) is 0.0893. The zero-order valence-corrected chi connectivity index (χ0v) is 27.5. The first kappa shape index (κ1) is 34.0. The van der Waals surface area contributed by atoms with E-state index in [4.69, 9.17) is 4.74 Å². The van der Waals surface area contributed by atoms with Crippen molar-refractivity contribution in [1.29, 1.82) is 0 Å². The maximum absolute atomic E-state index is 13.3. The molecular formula is C30H41IN4O5Si. The highest BCUT2D eigenvalue weighted by Crippen LogP contribution is 2.14. The van der Waals surface area contributed by atoms with Gasteiger partial charge in [0.1, 0.15) is 5.75 Å². The zero-order chi connectivity index (χ0) is 30.4. The Morgan fingerprint density at radius 2 is 1.54 bits per heavy atom. The lowest BCUT2D eigenvalue weighted by molar-refractivity contribution is -0.139. The number of allylic oxidation sites excluding steroid dienone is 1. The van der Waals surface area contributed by atoms with Crippen LogP contribution in [0.2, 0.25) is 0 Å². The minimum atomic E-state index is -2.79. The van der Waals surface area contributed by atoms with Crippen molar-refractivity contribution in [2.75, 3.05) is 6.61 Å². The van der Waals surface area contributed by atoms with Crippen LogP contribution >= 0.6 is 22.6 Å². The summed E-state index contributed by atoms with van der Waals surface area (Å²) in [6.45, 7) is 12.7. The highest BCUT2D eigenvalue weighted by atomic mass is 127. The summed E-state index contributed by atoms with van der Waals surface area (Å²) in [6.07, 6.45) is 1.16. The third kappa shape index (κ3) is 12.1. The highest BCUT2D eigenvalue weighted by molar-refractivity contribution is 14.1. The molecule has 0 aliphatic heterocycles. The molecule has 0 radical (unpaired) electrons. The van der Waals surface area contributed by atoms with Crippen molar-refractivity contribution in [3.63, 3.8) is 0 Å². The average Bonchev–Trinajstić information content (AvgIpc) is 2.96. The van der Waals surface area contributed by atoms with E-state index in [1.807, 2.05) is 68.4 Å². The second-order valence-corrected chi connectivity index (χ2v) is 14.6. The molecule has 0 bridgehead atoms. The van der Waals surface area contributed by atoms with Crippen molar-refractivity contribution in [2.24, 2.45) is 5.92 Å². The summed E-state index contributed by atoms with van der Waals surface area (Å²) >= 11 is 2.35. The topological polar surface area (TPSA) is 126 Å². The lowest BCUT2D eigenvalue weighted by Crippen LogP contribution is -2.58. The summed E-state index contributed by atoms with van der Waals surface area (Å²) in [7, 11) is -2.79. The number of carbonyl (C=O) groups is 4. The maximum atomic E-state index is 13.3. The molecule has 4 N–H and O–H groups in total. The molecule has 2 rings (SSSR count). The maximum Gasteiger partial charge on any atom is 0.307 e. The van der Waals surface area contributed by atoms with E-state index in [9.17, 15) is 19.2 Å². The fourth-order valence-electron chi connectivity index (χ4n) is 3.70. The third-order valence-electron chi connectivity index (χ3n) is 6.37. The number of urea groups is 1. The van der Waals surface area contributed by atoms with Gasteiger partial charge in [0.25, 0.3) is 14.9 Å². The van der Waals surface area contributed by atoms with Crippen molar-refractivity contribution >= 4 is 54.8 Å². The SMILES string of the molecule is C=C(C(C)C)[Si@H](NC(=O)NCc1ccccc1)C(=O)NC(CC)C(=O)C(=O)NCc1ccc(OCCC(C)I)cc1. The molecule has 0 heterocycles. The van der Waals surface area contributed by atoms with Crippen LogP contribution in [-0.4, -0.2) is 48.8 Å². The standard InChI is InChI=1S/C30H41IN4O5Si/c1-6-26(27(36)28(37)32-18-24-12-14-25(15-13-24)40-17-16-21(4)31)34-30(39)41(22(5)20(2)3)35-29(38)33-19-23-10-8-7-9-11-23/h7-15,20-21,26,41H,5-6,16-19H2,1-4H3,(H,32,37)(H,34,39)(H2,33,35,38)/t21?,26?,41-/m0/s1. The first-order valence-corrected chi connectivity index (χ1v) is 16.7. The van der Waals surface area contributed by atoms with E-state index >= 15 is 0 Å². The fraction of sp³-hybridized carbons (Fsp3) is 0.400. The second kappa shape index (κ2) is 17.6. The van der Waals surface area contributed by atoms with Crippen LogP contribution in [0.15, 0.2) is 66.4 Å². The number of halogens is 1. The van der Waals surface area contributed by atoms with E-state index in [1.165, 1.54) is 0 Å². The van der Waals surface area contributed by atoms with Crippen LogP contribution < -0.4 is 25.7 Å². The van der Waals surface area contributed by atoms with Crippen LogP contribution in [0.25, 0.3) is 0 Å². The zero-order valence-electron chi connectivity index (χ0n) is 24.2. The Morgan fingerprint density at radius 1 is 0.927 bits per heavy atom. The molecule has 9 nitrogen and oxygen atoms in total. The van der Waals surface area contributed by atoms with Gasteiger partial charge in [-0.15, -0.1) is 6.58 Å². The van der Waals surface area contributed by atoms with Gasteiger partial charge >= 0.3 is 6.03 Å². The van der Waals surface area contributed by atoms with Crippen LogP contribution in [0.1, 0.15) is 51.7 Å². The van der Waals surface area contributed by atoms with E-state index < -0.39 is 38.3 Å². The molecule has 0 aliphatic carbocycles. The van der Waals surface area contributed by atoms with Crippen molar-refractivity contribution in [3.05, 3.63) is 77.5 Å². The number of benzene rings is 2. The Kier molecular flexibility index (Phi) is 14.6. The molecule has 2 unspecified atom stereocenters. The largest absolute Gasteiger partial charge is 0.494 e. The number of alkyl halides is 1. The summed E-state index contributed by atoms with van der Waals surface area (Å²) in [5.41, 5.74) is 1.25. The molecule has 0 fully saturated rings. The van der Waals surface area contributed by atoms with Gasteiger partial charge in [-0.1, -0.05) is 97.9 Å². The van der Waals surface area contributed by atoms with Gasteiger partial charge < -0.3 is 25.7 Å². The van der Waals surface area contributed by atoms with Crippen molar-refractivity contribution < 1.29 is 23.9 Å². The number of carbonyl (C=O) groups excluding carboxylic acids is 4. The van der Waals surface area contributed by atoms with Gasteiger partial charge in [-0.05, 0) is 42.0 Å². The Hall–Kier alpha value is -3.19. The number of Topliss-reactive ketones (excluding diaryl/α,β-unsaturated/α-hetero) is 1. The molecule has 222 valence electrons. The molecule has 2 aromatic carbocycles. The normalized spacial score (nSPS) is 12.9. The fourth-order valence-corrected chi connectivity index (χ4v) is 6.01. The second-order valence-electron chi connectivity index (χ2n) is 10.1. The van der Waals surface area contributed by atoms with Crippen molar-refractivity contribution in [3.8, 4) is 5.75 Å². The van der Waals surface area contributed by atoms with Gasteiger partial charge in [0.2, 0.25) is 11.3 Å². The number of amides is 4. The lowest BCUT2D eigenvalue weighted by Gasteiger charge is -2.24. The predicted molar refractivity (Wildman–Crippen MR) is 172 cm³/mol. The summed E-state index contributed by atoms with van der Waals surface area (Å²) in [4.78, 5) is 54.3. The molecule has 0 aromatic heterocycles. The number of ketones is 1. The van der Waals surface area contributed by atoms with Gasteiger partial charge in [-0.25, -0.2) is 4.79 Å². The van der Waals surface area contributed by atoms with E-state index in [0.29, 0.717) is 22.3 Å². The van der Waals surface area contributed by atoms with E-state index in [2.05, 4.69) is 57.0 Å². The monoisotopic (exact) mass is 692 g/mol. The number of nitrogens with one attached hydrogen (secondary N) is 4. The summed E-state index contributed by atoms with van der Waals surface area (Å²) in [5.74, 6) is -0.850. The van der Waals surface area contributed by atoms with E-state index in [1.54, 1.807) is 6.92 Å². The third-order valence-corrected chi connectivity index (χ3v) is 9.64. The number of hydrogen-bond acceptors (Lipinski definition) is 5. The Morgan fingerprint density at radius 3 is 2.12 bits per heavy atom. The smallest absolute Gasteiger partial charge is 0.307 e. The molecular weight excluding hydrogens is 651 g/mol. The van der Waals surface area contributed by atoms with Crippen LogP contribution in [0, 0.1) is 5.92 Å². The molecule has 0 saturated carbocycles. The minimum Gasteiger partial charge on any atom is -0.494 e. The number of hydrogen-bond donors (Lipinski definition) is 4. The lowest BCUT2D eigenvalue weighted by atomic mass is 10.1. The number of rotatable bonds is 16. The van der Waals surface area contributed by atoms with Gasteiger partial charge in [0.05, 0.1) is 12.6 Å². The summed E-state index contributed by atoms with van der Waals surface area (Å²) < 4.78 is 6.23. The Balaban J connectivity index is 1.94. The highest BCUT2D eigenvalue weighted by Gasteiger charge is 2.32. The Bertz CT molecular complexity index is 1180. The molecule has 0 saturated heterocycles. The molecule has 11 heteroatoms. The summed E-state index contributed by atoms with van der Waals surface area (Å²) in [5, 5.41) is 8.69. The molecule has 4 amide bonds. The van der Waals surface area contributed by atoms with Crippen molar-refractivity contribution in [1.82, 2.24) is 20.9 Å². The molecule has 3 atom stereocenters. The first-order valence-electron chi connectivity index (χ1n) is 13.8. The number of ether oxygens (including phenoxy) is 1. The first-order chi connectivity index (χ1) is 19.5. The van der Waals surface area contributed by atoms with Crippen LogP contribution in [0.4, 0.5) is 9.59 Å². The molecule has 0 aliphatic rings. The van der Waals surface area contributed by atoms with Gasteiger partial charge in [0.15, 0.2) is 0 Å². The molecule has 2 aromatic rings. The Labute approximate surface area is 258 Å². The van der Waals surface area contributed by atoms with Crippen LogP contribution in [-0.2, 0) is 22.7 Å². The van der Waals surface area contributed by atoms with Gasteiger partial charge in [0, 0.05) is 17.0 Å². The van der Waals surface area contributed by atoms with Crippen LogP contribution in [0.5, 0.6) is 5.75 Å². The van der Waals surface area contributed by atoms with Gasteiger partial charge in [-0.3, -0.25) is 14.4 Å². The van der Waals surface area contributed by atoms with Gasteiger partial charge in [-0.2, -0.15) is 0 Å². The van der Waals surface area contributed by atoms with E-state index in [0.717, 1.165) is 23.3 Å². The predicted octanol–water partition coefficient (Wildman–Crippen LogP) is 4.51.